The van der Waals surface area contributed by atoms with Crippen molar-refractivity contribution >= 4 is 6.29 Å². The molecule has 0 rings (SSSR count). The summed E-state index contributed by atoms with van der Waals surface area (Å²) in [6.45, 7) is 5.63. The molecule has 0 saturated heterocycles. The Bertz CT molecular complexity index is 134. The van der Waals surface area contributed by atoms with Crippen LogP contribution in [0.3, 0.4) is 0 Å². The molecule has 0 spiro atoms. The van der Waals surface area contributed by atoms with Gasteiger partial charge < -0.3 is 0 Å². The van der Waals surface area contributed by atoms with Gasteiger partial charge in [0.25, 0.3) is 0 Å². The second kappa shape index (κ2) is 6.27. The Morgan fingerprint density at radius 3 is 2.70 bits per heavy atom. The van der Waals surface area contributed by atoms with Crippen LogP contribution in [0.1, 0.15) is 26.2 Å². The number of rotatable bonds is 5. The van der Waals surface area contributed by atoms with Crippen molar-refractivity contribution in [2.24, 2.45) is 0 Å². The van der Waals surface area contributed by atoms with Crippen LogP contribution < -0.4 is 0 Å². The molecular weight excluding hydrogens is 124 g/mol. The lowest BCUT2D eigenvalue weighted by atomic mass is 10.1. The molecule has 0 bridgehead atoms. The highest BCUT2D eigenvalue weighted by Gasteiger charge is 1.90. The number of carbonyl (C=O) groups excluding carboxylic acids is 1. The molecule has 1 heteroatoms. The fraction of sp³-hybridized carbons (Fsp3) is 0.444. The Morgan fingerprint density at radius 1 is 1.60 bits per heavy atom. The molecule has 0 atom stereocenters. The molecule has 0 saturated carbocycles. The summed E-state index contributed by atoms with van der Waals surface area (Å²) in [6.07, 6.45) is 7.41. The topological polar surface area (TPSA) is 17.1 Å². The van der Waals surface area contributed by atoms with Crippen LogP contribution in [0.15, 0.2) is 24.3 Å². The first kappa shape index (κ1) is 9.15. The zero-order valence-corrected chi connectivity index (χ0v) is 6.47. The van der Waals surface area contributed by atoms with Gasteiger partial charge in [-0.1, -0.05) is 32.1 Å². The van der Waals surface area contributed by atoms with Crippen molar-refractivity contribution in [3.63, 3.8) is 0 Å². The summed E-state index contributed by atoms with van der Waals surface area (Å²) in [6, 6.07) is 0. The third-order valence-corrected chi connectivity index (χ3v) is 1.30. The molecule has 0 N–H and O–H groups in total. The Labute approximate surface area is 62.4 Å². The van der Waals surface area contributed by atoms with Crippen LogP contribution in [0.4, 0.5) is 0 Å². The van der Waals surface area contributed by atoms with E-state index in [0.29, 0.717) is 0 Å². The van der Waals surface area contributed by atoms with Crippen LogP contribution >= 0.6 is 0 Å². The average Bonchev–Trinajstić information content (AvgIpc) is 1.98. The second-order valence-electron chi connectivity index (χ2n) is 2.20. The van der Waals surface area contributed by atoms with E-state index in [1.807, 2.05) is 0 Å². The monoisotopic (exact) mass is 138 g/mol. The lowest BCUT2D eigenvalue weighted by Gasteiger charge is -1.93. The molecule has 0 unspecified atom stereocenters. The van der Waals surface area contributed by atoms with Crippen molar-refractivity contribution in [2.75, 3.05) is 0 Å². The molecule has 0 aliphatic heterocycles. The maximum atomic E-state index is 10.3. The number of allylic oxidation sites excluding steroid dienone is 3. The summed E-state index contributed by atoms with van der Waals surface area (Å²) in [7, 11) is 0. The summed E-state index contributed by atoms with van der Waals surface area (Å²) in [5, 5.41) is 0. The lowest BCUT2D eigenvalue weighted by molar-refractivity contribution is -0.105. The van der Waals surface area contributed by atoms with Gasteiger partial charge in [-0.2, -0.15) is 0 Å². The van der Waals surface area contributed by atoms with E-state index in [4.69, 9.17) is 0 Å². The van der Waals surface area contributed by atoms with Crippen LogP contribution in [-0.4, -0.2) is 6.29 Å². The van der Waals surface area contributed by atoms with E-state index in [2.05, 4.69) is 13.5 Å². The molecule has 0 aliphatic rings. The molecule has 10 heavy (non-hydrogen) atoms. The van der Waals surface area contributed by atoms with Crippen LogP contribution in [0.25, 0.3) is 0 Å². The van der Waals surface area contributed by atoms with Crippen molar-refractivity contribution in [3.05, 3.63) is 24.3 Å². The quantitative estimate of drug-likeness (QED) is 0.324. The van der Waals surface area contributed by atoms with Gasteiger partial charge in [0.05, 0.1) is 0 Å². The normalized spacial score (nSPS) is 11.1. The van der Waals surface area contributed by atoms with Gasteiger partial charge in [-0.15, -0.1) is 0 Å². The molecule has 1 nitrogen and oxygen atoms in total. The highest BCUT2D eigenvalue weighted by molar-refractivity contribution is 5.73. The van der Waals surface area contributed by atoms with Crippen molar-refractivity contribution < 1.29 is 4.79 Å². The third-order valence-electron chi connectivity index (χ3n) is 1.30. The van der Waals surface area contributed by atoms with E-state index in [1.165, 1.54) is 0 Å². The summed E-state index contributed by atoms with van der Waals surface area (Å²) in [4.78, 5) is 10.3. The van der Waals surface area contributed by atoms with Crippen molar-refractivity contribution in [1.29, 1.82) is 0 Å². The minimum atomic E-state index is 0.844. The second-order valence-corrected chi connectivity index (χ2v) is 2.20. The highest BCUT2D eigenvalue weighted by atomic mass is 16.1. The zero-order valence-electron chi connectivity index (χ0n) is 6.47. The van der Waals surface area contributed by atoms with Gasteiger partial charge in [0.15, 0.2) is 0 Å². The van der Waals surface area contributed by atoms with Crippen LogP contribution in [0.5, 0.6) is 0 Å². The summed E-state index contributed by atoms with van der Waals surface area (Å²) < 4.78 is 0. The molecule has 0 amide bonds. The average molecular weight is 138 g/mol. The van der Waals surface area contributed by atoms with Crippen molar-refractivity contribution in [1.82, 2.24) is 0 Å². The van der Waals surface area contributed by atoms with Crippen LogP contribution in [0.2, 0.25) is 0 Å². The van der Waals surface area contributed by atoms with Gasteiger partial charge in [0, 0.05) is 0 Å². The first-order chi connectivity index (χ1) is 4.85. The predicted molar refractivity (Wildman–Crippen MR) is 43.9 cm³/mol. The maximum Gasteiger partial charge on any atom is 0.146 e. The Balaban J connectivity index is 3.70. The summed E-state index contributed by atoms with van der Waals surface area (Å²) in [5.74, 6) is 0. The first-order valence-electron chi connectivity index (χ1n) is 3.62. The van der Waals surface area contributed by atoms with E-state index >= 15 is 0 Å². The van der Waals surface area contributed by atoms with Crippen LogP contribution in [-0.2, 0) is 4.79 Å². The van der Waals surface area contributed by atoms with Gasteiger partial charge in [-0.3, -0.25) is 4.79 Å². The molecule has 0 aromatic heterocycles. The summed E-state index contributed by atoms with van der Waals surface area (Å²) in [5.41, 5.74) is 0.844. The molecular formula is C9H14O. The van der Waals surface area contributed by atoms with Gasteiger partial charge >= 0.3 is 0 Å². The minimum Gasteiger partial charge on any atom is -0.298 e. The third kappa shape index (κ3) is 4.07. The van der Waals surface area contributed by atoms with Gasteiger partial charge in [0.1, 0.15) is 6.29 Å². The molecule has 0 aromatic rings. The lowest BCUT2D eigenvalue weighted by Crippen LogP contribution is -1.83. The number of carbonyl (C=O) groups is 1. The van der Waals surface area contributed by atoms with E-state index < -0.39 is 0 Å². The van der Waals surface area contributed by atoms with Gasteiger partial charge in [-0.05, 0) is 18.4 Å². The highest BCUT2D eigenvalue weighted by Crippen LogP contribution is 2.03. The fourth-order valence-electron chi connectivity index (χ4n) is 0.714. The number of unbranched alkanes of at least 4 members (excludes halogenated alkanes) is 1. The SMILES string of the molecule is C=C/C=C(/C=O)CCCC. The Kier molecular flexibility index (Phi) is 5.74. The van der Waals surface area contributed by atoms with Crippen LogP contribution in [0, 0.1) is 0 Å². The Hall–Kier alpha value is -0.850. The molecule has 0 fully saturated rings. The Morgan fingerprint density at radius 2 is 2.30 bits per heavy atom. The molecule has 0 aliphatic carbocycles. The molecule has 0 aromatic carbocycles. The minimum absolute atomic E-state index is 0.844. The summed E-state index contributed by atoms with van der Waals surface area (Å²) >= 11 is 0. The fourth-order valence-corrected chi connectivity index (χ4v) is 0.714. The van der Waals surface area contributed by atoms with Gasteiger partial charge in [-0.25, -0.2) is 0 Å². The van der Waals surface area contributed by atoms with Crippen molar-refractivity contribution in [2.45, 2.75) is 26.2 Å². The van der Waals surface area contributed by atoms with E-state index in [1.54, 1.807) is 12.2 Å². The standard InChI is InChI=1S/C9H14O/c1-3-5-7-9(8-10)6-4-2/h4,6,8H,2-3,5,7H2,1H3/b9-6+. The van der Waals surface area contributed by atoms with Gasteiger partial charge in [0.2, 0.25) is 0 Å². The van der Waals surface area contributed by atoms with E-state index in [-0.39, 0.29) is 0 Å². The van der Waals surface area contributed by atoms with E-state index in [0.717, 1.165) is 31.1 Å². The number of hydrogen-bond acceptors (Lipinski definition) is 1. The van der Waals surface area contributed by atoms with Crippen molar-refractivity contribution in [3.8, 4) is 0 Å². The maximum absolute atomic E-state index is 10.3. The largest absolute Gasteiger partial charge is 0.298 e. The molecule has 0 radical (unpaired) electrons. The van der Waals surface area contributed by atoms with E-state index in [9.17, 15) is 4.79 Å². The molecule has 56 valence electrons. The number of aldehydes is 1. The molecule has 0 heterocycles. The number of hydrogen-bond donors (Lipinski definition) is 0. The predicted octanol–water partition coefficient (Wildman–Crippen LogP) is 2.49. The smallest absolute Gasteiger partial charge is 0.146 e. The zero-order chi connectivity index (χ0) is 7.82. The first-order valence-corrected chi connectivity index (χ1v) is 3.62.